The summed E-state index contributed by atoms with van der Waals surface area (Å²) < 4.78 is 0. The molecule has 0 amide bonds. The first kappa shape index (κ1) is 14.1. The summed E-state index contributed by atoms with van der Waals surface area (Å²) in [5.74, 6) is 6.99. The number of para-hydroxylation sites is 1. The van der Waals surface area contributed by atoms with Crippen molar-refractivity contribution in [2.45, 2.75) is 10.8 Å². The fraction of sp³-hybridized carbons (Fsp3) is 0.0667. The Labute approximate surface area is 131 Å². The van der Waals surface area contributed by atoms with E-state index in [9.17, 15) is 0 Å². The van der Waals surface area contributed by atoms with Crippen LogP contribution < -0.4 is 11.3 Å². The number of benzene rings is 1. The van der Waals surface area contributed by atoms with Crippen LogP contribution in [-0.2, 0) is 5.75 Å². The van der Waals surface area contributed by atoms with Crippen LogP contribution in [0.2, 0.25) is 5.02 Å². The van der Waals surface area contributed by atoms with Crippen LogP contribution in [0.5, 0.6) is 0 Å². The quantitative estimate of drug-likeness (QED) is 0.435. The molecule has 3 rings (SSSR count). The Bertz CT molecular complexity index is 761. The van der Waals surface area contributed by atoms with Crippen LogP contribution in [0.3, 0.4) is 0 Å². The number of aromatic nitrogens is 2. The molecule has 0 aliphatic heterocycles. The van der Waals surface area contributed by atoms with Crippen molar-refractivity contribution in [3.05, 3.63) is 59.2 Å². The summed E-state index contributed by atoms with van der Waals surface area (Å²) in [4.78, 5) is 8.80. The summed E-state index contributed by atoms with van der Waals surface area (Å²) >= 11 is 7.45. The Morgan fingerprint density at radius 3 is 2.81 bits per heavy atom. The van der Waals surface area contributed by atoms with Crippen LogP contribution in [0.1, 0.15) is 5.56 Å². The molecule has 0 bridgehead atoms. The Kier molecular flexibility index (Phi) is 4.24. The minimum atomic E-state index is 0.635. The van der Waals surface area contributed by atoms with Crippen LogP contribution in [0.15, 0.2) is 53.7 Å². The van der Waals surface area contributed by atoms with Gasteiger partial charge < -0.3 is 5.43 Å². The highest BCUT2D eigenvalue weighted by Crippen LogP contribution is 2.27. The molecule has 2 aromatic heterocycles. The van der Waals surface area contributed by atoms with Crippen molar-refractivity contribution in [1.29, 1.82) is 0 Å². The fourth-order valence-electron chi connectivity index (χ4n) is 1.99. The van der Waals surface area contributed by atoms with Crippen LogP contribution in [0, 0.1) is 0 Å². The third-order valence-electron chi connectivity index (χ3n) is 3.02. The van der Waals surface area contributed by atoms with Crippen molar-refractivity contribution in [2.75, 3.05) is 5.43 Å². The molecule has 3 N–H and O–H groups in total. The van der Waals surface area contributed by atoms with E-state index in [1.807, 2.05) is 36.4 Å². The molecular formula is C15H13ClN4S. The molecule has 0 aliphatic carbocycles. The molecule has 0 spiro atoms. The van der Waals surface area contributed by atoms with Gasteiger partial charge in [0.05, 0.1) is 15.6 Å². The van der Waals surface area contributed by atoms with Crippen molar-refractivity contribution in [2.24, 2.45) is 5.84 Å². The first-order valence-corrected chi connectivity index (χ1v) is 7.72. The molecule has 0 radical (unpaired) electrons. The minimum absolute atomic E-state index is 0.635. The molecular weight excluding hydrogens is 304 g/mol. The lowest BCUT2D eigenvalue weighted by molar-refractivity contribution is 1.13. The van der Waals surface area contributed by atoms with Crippen LogP contribution in [0.4, 0.5) is 5.82 Å². The minimum Gasteiger partial charge on any atom is -0.308 e. The van der Waals surface area contributed by atoms with Gasteiger partial charge in [-0.25, -0.2) is 15.8 Å². The van der Waals surface area contributed by atoms with Crippen molar-refractivity contribution in [1.82, 2.24) is 9.97 Å². The number of fused-ring (bicyclic) bond motifs is 1. The lowest BCUT2D eigenvalue weighted by atomic mass is 10.1. The second kappa shape index (κ2) is 6.30. The average Bonchev–Trinajstić information content (AvgIpc) is 2.53. The van der Waals surface area contributed by atoms with Crippen molar-refractivity contribution < 1.29 is 0 Å². The van der Waals surface area contributed by atoms with E-state index < -0.39 is 0 Å². The first-order chi connectivity index (χ1) is 10.3. The number of rotatable bonds is 4. The average molecular weight is 317 g/mol. The highest BCUT2D eigenvalue weighted by atomic mass is 35.5. The molecule has 0 unspecified atom stereocenters. The summed E-state index contributed by atoms with van der Waals surface area (Å²) in [5.41, 5.74) is 4.63. The number of anilines is 1. The number of nitrogens with two attached hydrogens (primary N) is 1. The maximum absolute atomic E-state index is 5.83. The van der Waals surface area contributed by atoms with Crippen LogP contribution in [-0.4, -0.2) is 9.97 Å². The number of halogens is 1. The maximum Gasteiger partial charge on any atom is 0.144 e. The Hall–Kier alpha value is -1.82. The maximum atomic E-state index is 5.83. The van der Waals surface area contributed by atoms with Crippen molar-refractivity contribution in [3.8, 4) is 0 Å². The SMILES string of the molecule is NNc1nc2ccccc2cc1CSc1ccc(Cl)cn1. The molecule has 21 heavy (non-hydrogen) atoms. The monoisotopic (exact) mass is 316 g/mol. The van der Waals surface area contributed by atoms with Crippen LogP contribution in [0.25, 0.3) is 10.9 Å². The largest absolute Gasteiger partial charge is 0.308 e. The normalized spacial score (nSPS) is 10.8. The van der Waals surface area contributed by atoms with Crippen LogP contribution >= 0.6 is 23.4 Å². The predicted octanol–water partition coefficient (Wildman–Crippen LogP) is 3.86. The van der Waals surface area contributed by atoms with Gasteiger partial charge in [0.25, 0.3) is 0 Å². The van der Waals surface area contributed by atoms with E-state index in [0.717, 1.165) is 27.2 Å². The molecule has 0 fully saturated rings. The second-order valence-corrected chi connectivity index (χ2v) is 5.87. The molecule has 0 aliphatic rings. The molecule has 1 aromatic carbocycles. The van der Waals surface area contributed by atoms with Gasteiger partial charge in [-0.2, -0.15) is 0 Å². The zero-order valence-corrected chi connectivity index (χ0v) is 12.7. The number of nitrogens with one attached hydrogen (secondary N) is 1. The van der Waals surface area contributed by atoms with Gasteiger partial charge in [-0.1, -0.05) is 29.8 Å². The summed E-state index contributed by atoms with van der Waals surface area (Å²) in [7, 11) is 0. The molecule has 6 heteroatoms. The number of pyridine rings is 2. The Balaban J connectivity index is 1.86. The van der Waals surface area contributed by atoms with Gasteiger partial charge in [0.1, 0.15) is 5.82 Å². The highest BCUT2D eigenvalue weighted by Gasteiger charge is 2.07. The number of thioether (sulfide) groups is 1. The highest BCUT2D eigenvalue weighted by molar-refractivity contribution is 7.98. The van der Waals surface area contributed by atoms with E-state index in [1.165, 1.54) is 0 Å². The smallest absolute Gasteiger partial charge is 0.144 e. The molecule has 3 aromatic rings. The Morgan fingerprint density at radius 1 is 1.19 bits per heavy atom. The summed E-state index contributed by atoms with van der Waals surface area (Å²) in [6.07, 6.45) is 1.64. The summed E-state index contributed by atoms with van der Waals surface area (Å²) in [6.45, 7) is 0. The van der Waals surface area contributed by atoms with E-state index in [4.69, 9.17) is 17.4 Å². The molecule has 4 nitrogen and oxygen atoms in total. The van der Waals surface area contributed by atoms with Gasteiger partial charge in [0.15, 0.2) is 0 Å². The van der Waals surface area contributed by atoms with Crippen molar-refractivity contribution >= 4 is 40.1 Å². The van der Waals surface area contributed by atoms with Gasteiger partial charge in [-0.15, -0.1) is 11.8 Å². The zero-order valence-electron chi connectivity index (χ0n) is 11.1. The molecule has 0 saturated heterocycles. The van der Waals surface area contributed by atoms with E-state index in [-0.39, 0.29) is 0 Å². The lowest BCUT2D eigenvalue weighted by Crippen LogP contribution is -2.11. The molecule has 0 saturated carbocycles. The first-order valence-electron chi connectivity index (χ1n) is 6.36. The molecule has 0 atom stereocenters. The molecule has 106 valence electrons. The van der Waals surface area contributed by atoms with Gasteiger partial charge in [0.2, 0.25) is 0 Å². The third-order valence-corrected chi connectivity index (χ3v) is 4.23. The van der Waals surface area contributed by atoms with E-state index in [1.54, 1.807) is 18.0 Å². The van der Waals surface area contributed by atoms with E-state index in [0.29, 0.717) is 10.8 Å². The van der Waals surface area contributed by atoms with E-state index in [2.05, 4.69) is 21.5 Å². The standard InChI is InChI=1S/C15H13ClN4S/c16-12-5-6-14(18-8-12)21-9-11-7-10-3-1-2-4-13(10)19-15(11)20-17/h1-8H,9,17H2,(H,19,20). The van der Waals surface area contributed by atoms with E-state index >= 15 is 0 Å². The summed E-state index contributed by atoms with van der Waals surface area (Å²) in [5, 5.41) is 2.64. The zero-order chi connectivity index (χ0) is 14.7. The Morgan fingerprint density at radius 2 is 2.05 bits per heavy atom. The number of hydrogen-bond acceptors (Lipinski definition) is 5. The molecule has 2 heterocycles. The second-order valence-electron chi connectivity index (χ2n) is 4.44. The summed E-state index contributed by atoms with van der Waals surface area (Å²) in [6, 6.07) is 13.8. The predicted molar refractivity (Wildman–Crippen MR) is 88.4 cm³/mol. The van der Waals surface area contributed by atoms with Gasteiger partial charge in [0, 0.05) is 22.9 Å². The van der Waals surface area contributed by atoms with Gasteiger partial charge in [-0.3, -0.25) is 0 Å². The lowest BCUT2D eigenvalue weighted by Gasteiger charge is -2.09. The third kappa shape index (κ3) is 3.26. The van der Waals surface area contributed by atoms with Gasteiger partial charge >= 0.3 is 0 Å². The topological polar surface area (TPSA) is 63.8 Å². The van der Waals surface area contributed by atoms with Crippen molar-refractivity contribution in [3.63, 3.8) is 0 Å². The van der Waals surface area contributed by atoms with Gasteiger partial charge in [-0.05, 0) is 24.3 Å². The fourth-order valence-corrected chi connectivity index (χ4v) is 2.92. The number of hydrogen-bond donors (Lipinski definition) is 2. The number of hydrazine groups is 1. The number of nitrogen functional groups attached to an aromatic ring is 1. The number of nitrogens with zero attached hydrogens (tertiary/aromatic N) is 2.